The number of amides is 1. The number of fused-ring (bicyclic) bond motifs is 1. The molecule has 1 amide bonds. The predicted octanol–water partition coefficient (Wildman–Crippen LogP) is 4.88. The van der Waals surface area contributed by atoms with E-state index in [4.69, 9.17) is 27.6 Å². The molecule has 0 unspecified atom stereocenters. The molecule has 7 heteroatoms. The summed E-state index contributed by atoms with van der Waals surface area (Å²) in [6.45, 7) is 3.55. The molecule has 124 valence electrons. The monoisotopic (exact) mass is 363 g/mol. The summed E-state index contributed by atoms with van der Waals surface area (Å²) in [7, 11) is 0. The van der Waals surface area contributed by atoms with E-state index < -0.39 is 6.04 Å². The normalized spacial score (nSPS) is 12.2. The zero-order chi connectivity index (χ0) is 17.3. The lowest BCUT2D eigenvalue weighted by Crippen LogP contribution is -2.31. The Hall–Kier alpha value is -2.24. The minimum absolute atomic E-state index is 0.226. The number of oxazole rings is 1. The van der Waals surface area contributed by atoms with Crippen LogP contribution in [0.5, 0.6) is 0 Å². The summed E-state index contributed by atoms with van der Waals surface area (Å²) in [5.41, 5.74) is 2.70. The Labute approximate surface area is 149 Å². The molecule has 0 aliphatic carbocycles. The van der Waals surface area contributed by atoms with E-state index in [1.165, 1.54) is 0 Å². The van der Waals surface area contributed by atoms with E-state index in [1.807, 2.05) is 18.2 Å². The van der Waals surface area contributed by atoms with Crippen LogP contribution in [0.2, 0.25) is 10.0 Å². The number of hydrogen-bond donors (Lipinski definition) is 2. The standard InChI is InChI=1S/C17H15Cl2N3O2/c1-9(17(23)22-13-5-3-4-12(18)16(13)19)20-11-6-7-15-14(8-11)21-10(2)24-15/h3-9,20H,1-2H3,(H,22,23)/t9-/m1/s1. The van der Waals surface area contributed by atoms with Crippen LogP contribution < -0.4 is 10.6 Å². The van der Waals surface area contributed by atoms with E-state index in [0.717, 1.165) is 11.2 Å². The molecule has 2 aromatic carbocycles. The minimum atomic E-state index is -0.481. The van der Waals surface area contributed by atoms with Gasteiger partial charge in [-0.1, -0.05) is 29.3 Å². The first-order chi connectivity index (χ1) is 11.4. The second-order valence-corrected chi connectivity index (χ2v) is 6.16. The maximum atomic E-state index is 12.3. The van der Waals surface area contributed by atoms with Crippen LogP contribution in [0.1, 0.15) is 12.8 Å². The van der Waals surface area contributed by atoms with Crippen LogP contribution in [0.25, 0.3) is 11.1 Å². The van der Waals surface area contributed by atoms with Gasteiger partial charge in [0.25, 0.3) is 0 Å². The topological polar surface area (TPSA) is 67.2 Å². The molecule has 2 N–H and O–H groups in total. The van der Waals surface area contributed by atoms with Crippen LogP contribution in [-0.4, -0.2) is 16.9 Å². The summed E-state index contributed by atoms with van der Waals surface area (Å²) in [5, 5.41) is 6.60. The Morgan fingerprint density at radius 2 is 2.04 bits per heavy atom. The van der Waals surface area contributed by atoms with Crippen LogP contribution in [0.4, 0.5) is 11.4 Å². The van der Waals surface area contributed by atoms with Crippen LogP contribution in [0.15, 0.2) is 40.8 Å². The molecule has 0 aliphatic heterocycles. The highest BCUT2D eigenvalue weighted by Gasteiger charge is 2.15. The first-order valence-corrected chi connectivity index (χ1v) is 8.08. The predicted molar refractivity (Wildman–Crippen MR) is 96.9 cm³/mol. The fourth-order valence-corrected chi connectivity index (χ4v) is 2.64. The maximum absolute atomic E-state index is 12.3. The van der Waals surface area contributed by atoms with Crippen molar-refractivity contribution in [3.63, 3.8) is 0 Å². The quantitative estimate of drug-likeness (QED) is 0.692. The van der Waals surface area contributed by atoms with Crippen molar-refractivity contribution in [2.45, 2.75) is 19.9 Å². The van der Waals surface area contributed by atoms with Gasteiger partial charge in [0.1, 0.15) is 11.6 Å². The van der Waals surface area contributed by atoms with Crippen molar-refractivity contribution in [2.75, 3.05) is 10.6 Å². The fraction of sp³-hybridized carbons (Fsp3) is 0.176. The van der Waals surface area contributed by atoms with E-state index in [-0.39, 0.29) is 5.91 Å². The largest absolute Gasteiger partial charge is 0.441 e. The number of halogens is 2. The van der Waals surface area contributed by atoms with Crippen LogP contribution in [-0.2, 0) is 4.79 Å². The number of aromatic nitrogens is 1. The summed E-state index contributed by atoms with van der Waals surface area (Å²) in [6, 6.07) is 10.1. The highest BCUT2D eigenvalue weighted by molar-refractivity contribution is 6.44. The molecule has 1 atom stereocenters. The number of carbonyl (C=O) groups is 1. The number of nitrogens with one attached hydrogen (secondary N) is 2. The van der Waals surface area contributed by atoms with Crippen molar-refractivity contribution in [1.29, 1.82) is 0 Å². The molecule has 1 heterocycles. The Morgan fingerprint density at radius 1 is 1.25 bits per heavy atom. The van der Waals surface area contributed by atoms with E-state index in [9.17, 15) is 4.79 Å². The zero-order valence-electron chi connectivity index (χ0n) is 13.1. The smallest absolute Gasteiger partial charge is 0.246 e. The molecule has 0 radical (unpaired) electrons. The summed E-state index contributed by atoms with van der Waals surface area (Å²) < 4.78 is 5.43. The Balaban J connectivity index is 1.71. The number of hydrogen-bond acceptors (Lipinski definition) is 4. The van der Waals surface area contributed by atoms with Crippen molar-refractivity contribution in [1.82, 2.24) is 4.98 Å². The van der Waals surface area contributed by atoms with Gasteiger partial charge in [-0.15, -0.1) is 0 Å². The van der Waals surface area contributed by atoms with E-state index in [0.29, 0.717) is 27.2 Å². The summed E-state index contributed by atoms with van der Waals surface area (Å²) in [5.74, 6) is 0.374. The number of benzene rings is 2. The van der Waals surface area contributed by atoms with Crippen LogP contribution >= 0.6 is 23.2 Å². The van der Waals surface area contributed by atoms with Crippen molar-refractivity contribution in [3.8, 4) is 0 Å². The molecule has 24 heavy (non-hydrogen) atoms. The molecular weight excluding hydrogens is 349 g/mol. The average Bonchev–Trinajstić information content (AvgIpc) is 2.91. The molecule has 0 aliphatic rings. The van der Waals surface area contributed by atoms with Crippen molar-refractivity contribution < 1.29 is 9.21 Å². The van der Waals surface area contributed by atoms with Gasteiger partial charge in [0.2, 0.25) is 5.91 Å². The second-order valence-electron chi connectivity index (χ2n) is 5.37. The van der Waals surface area contributed by atoms with Gasteiger partial charge in [-0.25, -0.2) is 4.98 Å². The SMILES string of the molecule is Cc1nc2cc(N[C@H](C)C(=O)Nc3cccc(Cl)c3Cl)ccc2o1. The Kier molecular flexibility index (Phi) is 4.64. The third kappa shape index (κ3) is 3.47. The number of nitrogens with zero attached hydrogens (tertiary/aromatic N) is 1. The summed E-state index contributed by atoms with van der Waals surface area (Å²) in [6.07, 6.45) is 0. The van der Waals surface area contributed by atoms with Gasteiger partial charge in [-0.05, 0) is 37.3 Å². The van der Waals surface area contributed by atoms with Crippen molar-refractivity contribution in [3.05, 3.63) is 52.3 Å². The van der Waals surface area contributed by atoms with E-state index >= 15 is 0 Å². The van der Waals surface area contributed by atoms with Gasteiger partial charge < -0.3 is 15.1 Å². The molecular formula is C17H15Cl2N3O2. The van der Waals surface area contributed by atoms with Crippen LogP contribution in [0.3, 0.4) is 0 Å². The molecule has 0 fully saturated rings. The highest BCUT2D eigenvalue weighted by Crippen LogP contribution is 2.29. The number of anilines is 2. The van der Waals surface area contributed by atoms with Gasteiger partial charge in [-0.3, -0.25) is 4.79 Å². The first-order valence-electron chi connectivity index (χ1n) is 7.32. The van der Waals surface area contributed by atoms with E-state index in [2.05, 4.69) is 15.6 Å². The lowest BCUT2D eigenvalue weighted by Gasteiger charge is -2.16. The molecule has 0 saturated heterocycles. The minimum Gasteiger partial charge on any atom is -0.441 e. The lowest BCUT2D eigenvalue weighted by molar-refractivity contribution is -0.116. The maximum Gasteiger partial charge on any atom is 0.246 e. The van der Waals surface area contributed by atoms with Gasteiger partial charge >= 0.3 is 0 Å². The Bertz CT molecular complexity index is 908. The van der Waals surface area contributed by atoms with Crippen LogP contribution in [0, 0.1) is 6.92 Å². The highest BCUT2D eigenvalue weighted by atomic mass is 35.5. The van der Waals surface area contributed by atoms with Gasteiger partial charge in [0.15, 0.2) is 11.5 Å². The molecule has 0 saturated carbocycles. The van der Waals surface area contributed by atoms with Crippen molar-refractivity contribution >= 4 is 51.6 Å². The summed E-state index contributed by atoms with van der Waals surface area (Å²) >= 11 is 12.0. The second kappa shape index (κ2) is 6.71. The van der Waals surface area contributed by atoms with Gasteiger partial charge in [-0.2, -0.15) is 0 Å². The molecule has 1 aromatic heterocycles. The molecule has 3 aromatic rings. The Morgan fingerprint density at radius 3 is 2.83 bits per heavy atom. The molecule has 0 spiro atoms. The summed E-state index contributed by atoms with van der Waals surface area (Å²) in [4.78, 5) is 16.6. The third-order valence-electron chi connectivity index (χ3n) is 3.48. The average molecular weight is 364 g/mol. The van der Waals surface area contributed by atoms with Gasteiger partial charge in [0, 0.05) is 12.6 Å². The zero-order valence-corrected chi connectivity index (χ0v) is 14.6. The van der Waals surface area contributed by atoms with E-state index in [1.54, 1.807) is 32.0 Å². The number of aryl methyl sites for hydroxylation is 1. The number of rotatable bonds is 4. The molecule has 0 bridgehead atoms. The molecule has 5 nitrogen and oxygen atoms in total. The van der Waals surface area contributed by atoms with Crippen molar-refractivity contribution in [2.24, 2.45) is 0 Å². The fourth-order valence-electron chi connectivity index (χ4n) is 2.29. The first kappa shape index (κ1) is 16.6. The third-order valence-corrected chi connectivity index (χ3v) is 4.30. The number of carbonyl (C=O) groups excluding carboxylic acids is 1. The lowest BCUT2D eigenvalue weighted by atomic mass is 10.2. The van der Waals surface area contributed by atoms with Gasteiger partial charge in [0.05, 0.1) is 15.7 Å². The molecule has 3 rings (SSSR count).